The number of benzene rings is 1. The highest BCUT2D eigenvalue weighted by atomic mass is 16.3. The lowest BCUT2D eigenvalue weighted by Gasteiger charge is -2.16. The van der Waals surface area contributed by atoms with Crippen molar-refractivity contribution in [1.29, 1.82) is 0 Å². The van der Waals surface area contributed by atoms with Gasteiger partial charge in [-0.25, -0.2) is 0 Å². The van der Waals surface area contributed by atoms with Crippen molar-refractivity contribution in [3.8, 4) is 0 Å². The van der Waals surface area contributed by atoms with Gasteiger partial charge in [0.05, 0.1) is 0 Å². The average Bonchev–Trinajstić information content (AvgIpc) is 2.78. The number of carbonyl (C=O) groups is 1. The van der Waals surface area contributed by atoms with E-state index in [-0.39, 0.29) is 18.4 Å². The summed E-state index contributed by atoms with van der Waals surface area (Å²) < 4.78 is 0. The number of aliphatic hydroxyl groups excluding tert-OH is 1. The van der Waals surface area contributed by atoms with Crippen molar-refractivity contribution in [3.63, 3.8) is 0 Å². The lowest BCUT2D eigenvalue weighted by Crippen LogP contribution is -2.24. The molecule has 0 aliphatic carbocycles. The summed E-state index contributed by atoms with van der Waals surface area (Å²) in [6, 6.07) is 8.24. The number of unbranched alkanes of at least 4 members (excludes halogenated alkanes) is 1. The van der Waals surface area contributed by atoms with E-state index in [1.54, 1.807) is 4.90 Å². The number of aryl methyl sites for hydroxylation is 1. The molecule has 0 radical (unpaired) electrons. The quantitative estimate of drug-likeness (QED) is 0.867. The van der Waals surface area contributed by atoms with Gasteiger partial charge in [0.15, 0.2) is 0 Å². The van der Waals surface area contributed by atoms with E-state index in [2.05, 4.69) is 19.1 Å². The minimum atomic E-state index is 0.0941. The first kappa shape index (κ1) is 13.1. The Labute approximate surface area is 108 Å². The maximum absolute atomic E-state index is 11.8. The van der Waals surface area contributed by atoms with Crippen LogP contribution in [0.4, 0.5) is 5.69 Å². The molecule has 0 spiro atoms. The Kier molecular flexibility index (Phi) is 4.37. The van der Waals surface area contributed by atoms with Crippen LogP contribution in [0.2, 0.25) is 0 Å². The first-order chi connectivity index (χ1) is 8.74. The van der Waals surface area contributed by atoms with E-state index in [9.17, 15) is 4.79 Å². The Bertz CT molecular complexity index is 399. The molecule has 3 heteroatoms. The molecule has 2 rings (SSSR count). The van der Waals surface area contributed by atoms with Gasteiger partial charge in [0.2, 0.25) is 5.91 Å². The second-order valence-corrected chi connectivity index (χ2v) is 5.03. The summed E-state index contributed by atoms with van der Waals surface area (Å²) >= 11 is 0. The van der Waals surface area contributed by atoms with Crippen LogP contribution in [-0.2, 0) is 11.2 Å². The van der Waals surface area contributed by atoms with Crippen LogP contribution in [-0.4, -0.2) is 24.2 Å². The maximum Gasteiger partial charge on any atom is 0.227 e. The van der Waals surface area contributed by atoms with Crippen LogP contribution in [0.25, 0.3) is 0 Å². The van der Waals surface area contributed by atoms with Gasteiger partial charge in [-0.15, -0.1) is 0 Å². The van der Waals surface area contributed by atoms with E-state index < -0.39 is 0 Å². The largest absolute Gasteiger partial charge is 0.396 e. The number of rotatable bonds is 5. The topological polar surface area (TPSA) is 40.5 Å². The highest BCUT2D eigenvalue weighted by molar-refractivity contribution is 5.95. The van der Waals surface area contributed by atoms with E-state index in [0.717, 1.165) is 12.1 Å². The van der Waals surface area contributed by atoms with Gasteiger partial charge in [0.1, 0.15) is 0 Å². The molecule has 0 saturated carbocycles. The molecule has 1 amide bonds. The molecule has 1 N–H and O–H groups in total. The second kappa shape index (κ2) is 6.01. The smallest absolute Gasteiger partial charge is 0.227 e. The minimum absolute atomic E-state index is 0.0941. The standard InChI is InChI=1S/C15H21NO2/c1-2-3-4-12-5-7-14(8-6-12)16-10-13(11-17)9-15(16)18/h5-8,13,17H,2-4,9-11H2,1H3. The fourth-order valence-electron chi connectivity index (χ4n) is 2.38. The fourth-order valence-corrected chi connectivity index (χ4v) is 2.38. The summed E-state index contributed by atoms with van der Waals surface area (Å²) in [4.78, 5) is 13.6. The molecule has 1 unspecified atom stereocenters. The van der Waals surface area contributed by atoms with Gasteiger partial charge in [-0.1, -0.05) is 25.5 Å². The van der Waals surface area contributed by atoms with Gasteiger partial charge in [0, 0.05) is 31.2 Å². The molecule has 1 aliphatic rings. The van der Waals surface area contributed by atoms with E-state index >= 15 is 0 Å². The Balaban J connectivity index is 2.03. The van der Waals surface area contributed by atoms with Crippen molar-refractivity contribution >= 4 is 11.6 Å². The molecule has 1 atom stereocenters. The van der Waals surface area contributed by atoms with E-state index in [0.29, 0.717) is 13.0 Å². The highest BCUT2D eigenvalue weighted by Gasteiger charge is 2.29. The molecule has 1 aromatic carbocycles. The van der Waals surface area contributed by atoms with E-state index in [1.165, 1.54) is 18.4 Å². The van der Waals surface area contributed by atoms with Crippen LogP contribution in [0.3, 0.4) is 0 Å². The van der Waals surface area contributed by atoms with E-state index in [1.807, 2.05) is 12.1 Å². The first-order valence-electron chi connectivity index (χ1n) is 6.74. The SMILES string of the molecule is CCCCc1ccc(N2CC(CO)CC2=O)cc1. The molecule has 0 aromatic heterocycles. The molecule has 98 valence electrons. The molecule has 1 aliphatic heterocycles. The second-order valence-electron chi connectivity index (χ2n) is 5.03. The monoisotopic (exact) mass is 247 g/mol. The predicted octanol–water partition coefficient (Wildman–Crippen LogP) is 2.37. The number of carbonyl (C=O) groups excluding carboxylic acids is 1. The van der Waals surface area contributed by atoms with Gasteiger partial charge in [-0.05, 0) is 30.5 Å². The van der Waals surface area contributed by atoms with Crippen molar-refractivity contribution in [2.75, 3.05) is 18.1 Å². The van der Waals surface area contributed by atoms with Gasteiger partial charge < -0.3 is 10.0 Å². The average molecular weight is 247 g/mol. The zero-order valence-electron chi connectivity index (χ0n) is 10.9. The van der Waals surface area contributed by atoms with Gasteiger partial charge in [-0.2, -0.15) is 0 Å². The summed E-state index contributed by atoms with van der Waals surface area (Å²) in [5, 5.41) is 9.11. The van der Waals surface area contributed by atoms with Crippen molar-refractivity contribution < 1.29 is 9.90 Å². The zero-order valence-corrected chi connectivity index (χ0v) is 10.9. The first-order valence-corrected chi connectivity index (χ1v) is 6.74. The number of hydrogen-bond donors (Lipinski definition) is 1. The number of hydrogen-bond acceptors (Lipinski definition) is 2. The predicted molar refractivity (Wildman–Crippen MR) is 72.6 cm³/mol. The Hall–Kier alpha value is -1.35. The molecule has 1 fully saturated rings. The van der Waals surface area contributed by atoms with Crippen LogP contribution in [0, 0.1) is 5.92 Å². The van der Waals surface area contributed by atoms with Gasteiger partial charge >= 0.3 is 0 Å². The Morgan fingerprint density at radius 3 is 2.61 bits per heavy atom. The molecule has 18 heavy (non-hydrogen) atoms. The van der Waals surface area contributed by atoms with Crippen molar-refractivity contribution in [3.05, 3.63) is 29.8 Å². The van der Waals surface area contributed by atoms with Crippen LogP contribution in [0.15, 0.2) is 24.3 Å². The summed E-state index contributed by atoms with van der Waals surface area (Å²) in [5.41, 5.74) is 2.28. The number of aliphatic hydroxyl groups is 1. The maximum atomic E-state index is 11.8. The molecule has 1 heterocycles. The zero-order chi connectivity index (χ0) is 13.0. The van der Waals surface area contributed by atoms with Crippen molar-refractivity contribution in [1.82, 2.24) is 0 Å². The molecule has 0 bridgehead atoms. The van der Waals surface area contributed by atoms with Crippen LogP contribution >= 0.6 is 0 Å². The summed E-state index contributed by atoms with van der Waals surface area (Å²) in [7, 11) is 0. The van der Waals surface area contributed by atoms with Crippen LogP contribution < -0.4 is 4.90 Å². The molecular formula is C15H21NO2. The molecular weight excluding hydrogens is 226 g/mol. The summed E-state index contributed by atoms with van der Waals surface area (Å²) in [6.45, 7) is 2.92. The molecule has 3 nitrogen and oxygen atoms in total. The number of anilines is 1. The van der Waals surface area contributed by atoms with Crippen molar-refractivity contribution in [2.45, 2.75) is 32.6 Å². The Morgan fingerprint density at radius 1 is 1.33 bits per heavy atom. The van der Waals surface area contributed by atoms with E-state index in [4.69, 9.17) is 5.11 Å². The lowest BCUT2D eigenvalue weighted by atomic mass is 10.1. The Morgan fingerprint density at radius 2 is 2.06 bits per heavy atom. The fraction of sp³-hybridized carbons (Fsp3) is 0.533. The third-order valence-corrected chi connectivity index (χ3v) is 3.53. The van der Waals surface area contributed by atoms with Crippen LogP contribution in [0.5, 0.6) is 0 Å². The number of nitrogens with zero attached hydrogens (tertiary/aromatic N) is 1. The lowest BCUT2D eigenvalue weighted by molar-refractivity contribution is -0.117. The molecule has 1 saturated heterocycles. The third-order valence-electron chi connectivity index (χ3n) is 3.53. The third kappa shape index (κ3) is 2.91. The normalized spacial score (nSPS) is 19.6. The number of amides is 1. The molecule has 1 aromatic rings. The summed E-state index contributed by atoms with van der Waals surface area (Å²) in [5.74, 6) is 0.215. The highest BCUT2D eigenvalue weighted by Crippen LogP contribution is 2.25. The van der Waals surface area contributed by atoms with Gasteiger partial charge in [-0.3, -0.25) is 4.79 Å². The van der Waals surface area contributed by atoms with Crippen molar-refractivity contribution in [2.24, 2.45) is 5.92 Å². The summed E-state index contributed by atoms with van der Waals surface area (Å²) in [6.07, 6.45) is 3.97. The van der Waals surface area contributed by atoms with Gasteiger partial charge in [0.25, 0.3) is 0 Å². The van der Waals surface area contributed by atoms with Crippen LogP contribution in [0.1, 0.15) is 31.7 Å². The minimum Gasteiger partial charge on any atom is -0.396 e.